The zero-order chi connectivity index (χ0) is 15.1. The molecular weight excluding hydrogens is 270 g/mol. The van der Waals surface area contributed by atoms with Gasteiger partial charge < -0.3 is 10.0 Å². The molecule has 0 saturated carbocycles. The van der Waals surface area contributed by atoms with Crippen molar-refractivity contribution in [2.75, 3.05) is 11.9 Å². The molecule has 0 radical (unpaired) electrons. The van der Waals surface area contributed by atoms with E-state index in [2.05, 4.69) is 15.3 Å². The average Bonchev–Trinajstić information content (AvgIpc) is 2.86. The van der Waals surface area contributed by atoms with Crippen molar-refractivity contribution in [2.24, 2.45) is 0 Å². The van der Waals surface area contributed by atoms with E-state index < -0.39 is 12.0 Å². The fourth-order valence-corrected chi connectivity index (χ4v) is 2.28. The predicted octanol–water partition coefficient (Wildman–Crippen LogP) is 1.50. The van der Waals surface area contributed by atoms with Crippen LogP contribution in [-0.4, -0.2) is 44.0 Å². The van der Waals surface area contributed by atoms with Gasteiger partial charge in [0.1, 0.15) is 6.04 Å². The highest BCUT2D eigenvalue weighted by molar-refractivity contribution is 6.00. The maximum Gasteiger partial charge on any atom is 0.326 e. The van der Waals surface area contributed by atoms with Crippen molar-refractivity contribution in [1.82, 2.24) is 19.8 Å². The number of nitrogens with zero attached hydrogens (tertiary/aromatic N) is 5. The molecule has 0 saturated heterocycles. The van der Waals surface area contributed by atoms with Crippen LogP contribution in [0.3, 0.4) is 0 Å². The second-order valence-corrected chi connectivity index (χ2v) is 4.98. The van der Waals surface area contributed by atoms with Gasteiger partial charge in [-0.05, 0) is 13.8 Å². The third kappa shape index (κ3) is 1.97. The molecular formula is C14H15N5O2. The van der Waals surface area contributed by atoms with Crippen molar-refractivity contribution in [3.8, 4) is 0 Å². The molecule has 1 unspecified atom stereocenters. The number of carbonyl (C=O) groups is 1. The van der Waals surface area contributed by atoms with E-state index in [0.717, 1.165) is 10.8 Å². The molecule has 0 amide bonds. The van der Waals surface area contributed by atoms with E-state index >= 15 is 0 Å². The monoisotopic (exact) mass is 285 g/mol. The fraction of sp³-hybridized carbons (Fsp3) is 0.286. The summed E-state index contributed by atoms with van der Waals surface area (Å²) in [5.41, 5.74) is 0.670. The smallest absolute Gasteiger partial charge is 0.326 e. The van der Waals surface area contributed by atoms with Crippen molar-refractivity contribution in [1.29, 1.82) is 0 Å². The lowest BCUT2D eigenvalue weighted by Gasteiger charge is -2.23. The molecule has 1 atom stereocenters. The van der Waals surface area contributed by atoms with Gasteiger partial charge in [0.05, 0.1) is 0 Å². The number of rotatable bonds is 3. The van der Waals surface area contributed by atoms with Crippen LogP contribution in [-0.2, 0) is 4.79 Å². The molecule has 0 spiro atoms. The van der Waals surface area contributed by atoms with E-state index in [9.17, 15) is 9.90 Å². The number of carboxylic acid groups (broad SMARTS) is 1. The molecule has 0 aliphatic heterocycles. The summed E-state index contributed by atoms with van der Waals surface area (Å²) in [5.74, 6) is 0.355. The van der Waals surface area contributed by atoms with E-state index in [0.29, 0.717) is 17.3 Å². The van der Waals surface area contributed by atoms with Gasteiger partial charge in [0.2, 0.25) is 0 Å². The SMILES string of the molecule is Cc1nnc2c3ccccc3c(N(C)C(C)C(=O)O)nn12. The average molecular weight is 285 g/mol. The number of anilines is 1. The van der Waals surface area contributed by atoms with Crippen LogP contribution in [0.5, 0.6) is 0 Å². The topological polar surface area (TPSA) is 83.6 Å². The van der Waals surface area contributed by atoms with Crippen molar-refractivity contribution in [3.63, 3.8) is 0 Å². The first kappa shape index (κ1) is 13.3. The first-order chi connectivity index (χ1) is 10.0. The number of benzene rings is 1. The van der Waals surface area contributed by atoms with Gasteiger partial charge in [-0.25, -0.2) is 4.79 Å². The van der Waals surface area contributed by atoms with Gasteiger partial charge in [-0.3, -0.25) is 0 Å². The van der Waals surface area contributed by atoms with Crippen molar-refractivity contribution < 1.29 is 9.90 Å². The molecule has 2 heterocycles. The molecule has 0 bridgehead atoms. The maximum absolute atomic E-state index is 11.2. The van der Waals surface area contributed by atoms with Crippen LogP contribution >= 0.6 is 0 Å². The summed E-state index contributed by atoms with van der Waals surface area (Å²) in [6, 6.07) is 6.97. The highest BCUT2D eigenvalue weighted by Crippen LogP contribution is 2.27. The summed E-state index contributed by atoms with van der Waals surface area (Å²) < 4.78 is 1.64. The first-order valence-corrected chi connectivity index (χ1v) is 6.57. The van der Waals surface area contributed by atoms with Gasteiger partial charge >= 0.3 is 5.97 Å². The van der Waals surface area contributed by atoms with Gasteiger partial charge in [0.25, 0.3) is 0 Å². The van der Waals surface area contributed by atoms with Crippen LogP contribution in [0.25, 0.3) is 16.4 Å². The van der Waals surface area contributed by atoms with E-state index in [4.69, 9.17) is 0 Å². The van der Waals surface area contributed by atoms with Gasteiger partial charge in [0.15, 0.2) is 17.3 Å². The fourth-order valence-electron chi connectivity index (χ4n) is 2.28. The van der Waals surface area contributed by atoms with Crippen LogP contribution in [0.1, 0.15) is 12.7 Å². The number of likely N-dealkylation sites (N-methyl/N-ethyl adjacent to an activating group) is 1. The van der Waals surface area contributed by atoms with Gasteiger partial charge in [-0.2, -0.15) is 4.52 Å². The zero-order valence-electron chi connectivity index (χ0n) is 12.0. The lowest BCUT2D eigenvalue weighted by Crippen LogP contribution is -2.36. The number of aryl methyl sites for hydroxylation is 1. The van der Waals surface area contributed by atoms with E-state index in [-0.39, 0.29) is 0 Å². The Morgan fingerprint density at radius 3 is 2.62 bits per heavy atom. The molecule has 1 N–H and O–H groups in total. The number of hydrogen-bond acceptors (Lipinski definition) is 5. The summed E-state index contributed by atoms with van der Waals surface area (Å²) in [6.07, 6.45) is 0. The summed E-state index contributed by atoms with van der Waals surface area (Å²) in [4.78, 5) is 12.9. The largest absolute Gasteiger partial charge is 0.480 e. The van der Waals surface area contributed by atoms with Crippen molar-refractivity contribution in [3.05, 3.63) is 30.1 Å². The Kier molecular flexibility index (Phi) is 2.97. The first-order valence-electron chi connectivity index (χ1n) is 6.57. The molecule has 108 valence electrons. The molecule has 0 aliphatic rings. The Balaban J connectivity index is 2.34. The van der Waals surface area contributed by atoms with Gasteiger partial charge in [-0.1, -0.05) is 24.3 Å². The summed E-state index contributed by atoms with van der Waals surface area (Å²) in [7, 11) is 1.72. The normalized spacial score (nSPS) is 12.7. The van der Waals surface area contributed by atoms with Crippen molar-refractivity contribution >= 4 is 28.2 Å². The Labute approximate surface area is 120 Å². The Hall–Kier alpha value is -2.70. The number of hydrogen-bond donors (Lipinski definition) is 1. The Bertz CT molecular complexity index is 842. The third-order valence-electron chi connectivity index (χ3n) is 3.67. The lowest BCUT2D eigenvalue weighted by molar-refractivity contribution is -0.138. The number of fused-ring (bicyclic) bond motifs is 3. The summed E-state index contributed by atoms with van der Waals surface area (Å²) in [6.45, 7) is 3.44. The third-order valence-corrected chi connectivity index (χ3v) is 3.67. The summed E-state index contributed by atoms with van der Waals surface area (Å²) in [5, 5.41) is 23.7. The minimum Gasteiger partial charge on any atom is -0.480 e. The number of aromatic nitrogens is 4. The Morgan fingerprint density at radius 1 is 1.29 bits per heavy atom. The highest BCUT2D eigenvalue weighted by Gasteiger charge is 2.22. The molecule has 21 heavy (non-hydrogen) atoms. The summed E-state index contributed by atoms with van der Waals surface area (Å²) >= 11 is 0. The second-order valence-electron chi connectivity index (χ2n) is 4.98. The van der Waals surface area contributed by atoms with Gasteiger partial charge in [-0.15, -0.1) is 15.3 Å². The minimum atomic E-state index is -0.899. The van der Waals surface area contributed by atoms with Crippen molar-refractivity contribution in [2.45, 2.75) is 19.9 Å². The number of aliphatic carboxylic acids is 1. The molecule has 2 aromatic heterocycles. The van der Waals surface area contributed by atoms with Crippen LogP contribution in [0.4, 0.5) is 5.82 Å². The van der Waals surface area contributed by atoms with Crippen LogP contribution in [0.2, 0.25) is 0 Å². The molecule has 7 heteroatoms. The van der Waals surface area contributed by atoms with E-state index in [1.54, 1.807) is 23.4 Å². The highest BCUT2D eigenvalue weighted by atomic mass is 16.4. The zero-order valence-corrected chi connectivity index (χ0v) is 12.0. The van der Waals surface area contributed by atoms with E-state index in [1.807, 2.05) is 31.2 Å². The quantitative estimate of drug-likeness (QED) is 0.785. The molecule has 1 aromatic carbocycles. The molecule has 3 aromatic rings. The van der Waals surface area contributed by atoms with E-state index in [1.165, 1.54) is 0 Å². The molecule has 7 nitrogen and oxygen atoms in total. The van der Waals surface area contributed by atoms with Crippen LogP contribution in [0, 0.1) is 6.92 Å². The van der Waals surface area contributed by atoms with Crippen LogP contribution in [0.15, 0.2) is 24.3 Å². The standard InChI is InChI=1S/C14H15N5O2/c1-8(14(20)21)18(3)13-11-7-5-4-6-10(11)12-16-15-9(2)19(12)17-13/h4-8H,1-3H3,(H,20,21). The maximum atomic E-state index is 11.2. The molecule has 3 rings (SSSR count). The van der Waals surface area contributed by atoms with Gasteiger partial charge in [0, 0.05) is 17.8 Å². The van der Waals surface area contributed by atoms with Crippen LogP contribution < -0.4 is 4.90 Å². The predicted molar refractivity (Wildman–Crippen MR) is 78.5 cm³/mol. The minimum absolute atomic E-state index is 0.593. The molecule has 0 aliphatic carbocycles. The second kappa shape index (κ2) is 4.69. The lowest BCUT2D eigenvalue weighted by atomic mass is 10.1. The number of carboxylic acids is 1. The molecule has 0 fully saturated rings. The Morgan fingerprint density at radius 2 is 1.95 bits per heavy atom.